The third-order valence-electron chi connectivity index (χ3n) is 3.86. The van der Waals surface area contributed by atoms with E-state index in [2.05, 4.69) is 0 Å². The summed E-state index contributed by atoms with van der Waals surface area (Å²) in [6.45, 7) is 4.08. The van der Waals surface area contributed by atoms with E-state index in [-0.39, 0.29) is 5.91 Å². The fourth-order valence-electron chi connectivity index (χ4n) is 2.50. The Hall–Kier alpha value is -1.44. The van der Waals surface area contributed by atoms with Gasteiger partial charge in [-0.3, -0.25) is 14.5 Å². The third-order valence-corrected chi connectivity index (χ3v) is 5.94. The maximum Gasteiger partial charge on any atom is 0.320 e. The summed E-state index contributed by atoms with van der Waals surface area (Å²) in [6.07, 6.45) is 0. The van der Waals surface area contributed by atoms with Gasteiger partial charge in [0.1, 0.15) is 6.04 Å². The zero-order valence-corrected chi connectivity index (χ0v) is 13.2. The predicted molar refractivity (Wildman–Crippen MR) is 84.3 cm³/mol. The summed E-state index contributed by atoms with van der Waals surface area (Å²) in [5.74, 6) is -0.751. The Morgan fingerprint density at radius 2 is 1.95 bits per heavy atom. The number of piperazine rings is 1. The summed E-state index contributed by atoms with van der Waals surface area (Å²) in [6, 6.07) is 3.50. The Kier molecular flexibility index (Phi) is 3.97. The molecule has 1 amide bonds. The van der Waals surface area contributed by atoms with Crippen molar-refractivity contribution < 1.29 is 14.7 Å². The van der Waals surface area contributed by atoms with Crippen molar-refractivity contribution in [1.29, 1.82) is 0 Å². The Balaban J connectivity index is 1.65. The highest BCUT2D eigenvalue weighted by molar-refractivity contribution is 7.27. The van der Waals surface area contributed by atoms with E-state index >= 15 is 0 Å². The molecule has 1 N–H and O–H groups in total. The molecule has 0 aliphatic carbocycles. The first kappa shape index (κ1) is 14.5. The van der Waals surface area contributed by atoms with Crippen molar-refractivity contribution in [2.24, 2.45) is 0 Å². The Bertz CT molecular complexity index is 642. The molecule has 1 aliphatic rings. The number of carboxylic acids is 1. The van der Waals surface area contributed by atoms with Crippen LogP contribution in [0.2, 0.25) is 0 Å². The van der Waals surface area contributed by atoms with Gasteiger partial charge in [-0.2, -0.15) is 0 Å². The number of hydrogen-bond acceptors (Lipinski definition) is 5. The molecular weight excluding hydrogens is 308 g/mol. The van der Waals surface area contributed by atoms with Gasteiger partial charge in [-0.25, -0.2) is 0 Å². The number of carbonyl (C=O) groups excluding carboxylic acids is 1. The second-order valence-corrected chi connectivity index (χ2v) is 7.13. The maximum atomic E-state index is 12.5. The quantitative estimate of drug-likeness (QED) is 0.940. The highest BCUT2D eigenvalue weighted by atomic mass is 32.1. The molecule has 0 radical (unpaired) electrons. The smallest absolute Gasteiger partial charge is 0.320 e. The predicted octanol–water partition coefficient (Wildman–Crippen LogP) is 2.19. The van der Waals surface area contributed by atoms with Crippen LogP contribution >= 0.6 is 22.7 Å². The lowest BCUT2D eigenvalue weighted by Gasteiger charge is -2.36. The van der Waals surface area contributed by atoms with Gasteiger partial charge < -0.3 is 10.0 Å². The first-order valence-electron chi connectivity index (χ1n) is 6.79. The topological polar surface area (TPSA) is 60.9 Å². The molecule has 112 valence electrons. The van der Waals surface area contributed by atoms with Crippen LogP contribution in [0.5, 0.6) is 0 Å². The second kappa shape index (κ2) is 5.75. The van der Waals surface area contributed by atoms with Gasteiger partial charge in [0, 0.05) is 35.6 Å². The molecule has 1 fully saturated rings. The lowest BCUT2D eigenvalue weighted by molar-refractivity contribution is -0.143. The van der Waals surface area contributed by atoms with Crippen LogP contribution in [0.3, 0.4) is 0 Å². The van der Waals surface area contributed by atoms with Crippen LogP contribution in [0, 0.1) is 0 Å². The number of hydrogen-bond donors (Lipinski definition) is 1. The maximum absolute atomic E-state index is 12.5. The van der Waals surface area contributed by atoms with E-state index in [0.717, 1.165) is 14.3 Å². The summed E-state index contributed by atoms with van der Waals surface area (Å²) in [5.41, 5.74) is 0. The minimum atomic E-state index is -0.812. The first-order chi connectivity index (χ1) is 10.1. The fraction of sp³-hybridized carbons (Fsp3) is 0.429. The molecule has 0 bridgehead atoms. The normalized spacial score (nSPS) is 18.0. The van der Waals surface area contributed by atoms with Gasteiger partial charge in [-0.05, 0) is 24.4 Å². The number of rotatable bonds is 3. The van der Waals surface area contributed by atoms with E-state index in [1.165, 1.54) is 11.3 Å². The standard InChI is InChI=1S/C14H16N2O3S2/c1-9(14(18)19)15-3-5-16(6-4-15)13(17)12-8-11-10(21-12)2-7-20-11/h2,7-9H,3-6H2,1H3,(H,18,19). The van der Waals surface area contributed by atoms with Gasteiger partial charge >= 0.3 is 5.97 Å². The lowest BCUT2D eigenvalue weighted by Crippen LogP contribution is -2.53. The van der Waals surface area contributed by atoms with Gasteiger partial charge in [0.05, 0.1) is 4.88 Å². The SMILES string of the molecule is CC(C(=O)O)N1CCN(C(=O)c2cc3sccc3s2)CC1. The van der Waals surface area contributed by atoms with Crippen LogP contribution in [-0.4, -0.2) is 59.0 Å². The van der Waals surface area contributed by atoms with Crippen LogP contribution < -0.4 is 0 Å². The van der Waals surface area contributed by atoms with E-state index < -0.39 is 12.0 Å². The van der Waals surface area contributed by atoms with Gasteiger partial charge in [0.2, 0.25) is 0 Å². The van der Waals surface area contributed by atoms with Crippen molar-refractivity contribution >= 4 is 43.9 Å². The summed E-state index contributed by atoms with van der Waals surface area (Å²) in [7, 11) is 0. The molecule has 2 aromatic heterocycles. The zero-order valence-electron chi connectivity index (χ0n) is 11.6. The third kappa shape index (κ3) is 2.81. The Morgan fingerprint density at radius 1 is 1.24 bits per heavy atom. The van der Waals surface area contributed by atoms with Gasteiger partial charge in [0.25, 0.3) is 5.91 Å². The molecule has 0 saturated carbocycles. The van der Waals surface area contributed by atoms with E-state index in [4.69, 9.17) is 5.11 Å². The summed E-state index contributed by atoms with van der Waals surface area (Å²) < 4.78 is 2.31. The molecule has 0 aromatic carbocycles. The van der Waals surface area contributed by atoms with E-state index in [1.807, 2.05) is 27.3 Å². The highest BCUT2D eigenvalue weighted by Crippen LogP contribution is 2.30. The minimum absolute atomic E-state index is 0.0611. The van der Waals surface area contributed by atoms with Crippen molar-refractivity contribution in [3.63, 3.8) is 0 Å². The number of carboxylic acid groups (broad SMARTS) is 1. The molecule has 5 nitrogen and oxygen atoms in total. The molecule has 3 heterocycles. The zero-order chi connectivity index (χ0) is 15.0. The second-order valence-electron chi connectivity index (χ2n) is 5.10. The largest absolute Gasteiger partial charge is 0.480 e. The van der Waals surface area contributed by atoms with Crippen molar-refractivity contribution in [2.45, 2.75) is 13.0 Å². The molecule has 1 atom stereocenters. The lowest BCUT2D eigenvalue weighted by atomic mass is 10.2. The fourth-order valence-corrected chi connectivity index (χ4v) is 4.57. The Labute approximate surface area is 130 Å². The van der Waals surface area contributed by atoms with Crippen LogP contribution in [0.1, 0.15) is 16.6 Å². The molecule has 3 rings (SSSR count). The minimum Gasteiger partial charge on any atom is -0.480 e. The molecule has 7 heteroatoms. The van der Waals surface area contributed by atoms with Crippen LogP contribution in [-0.2, 0) is 4.79 Å². The number of fused-ring (bicyclic) bond motifs is 1. The summed E-state index contributed by atoms with van der Waals surface area (Å²) in [5, 5.41) is 11.1. The van der Waals surface area contributed by atoms with Crippen molar-refractivity contribution in [3.8, 4) is 0 Å². The van der Waals surface area contributed by atoms with Gasteiger partial charge in [-0.1, -0.05) is 0 Å². The number of carbonyl (C=O) groups is 2. The number of aliphatic carboxylic acids is 1. The average molecular weight is 324 g/mol. The molecule has 0 spiro atoms. The molecule has 1 saturated heterocycles. The molecule has 2 aromatic rings. The molecule has 1 unspecified atom stereocenters. The van der Waals surface area contributed by atoms with Gasteiger partial charge in [0.15, 0.2) is 0 Å². The van der Waals surface area contributed by atoms with Crippen LogP contribution in [0.15, 0.2) is 17.5 Å². The first-order valence-corrected chi connectivity index (χ1v) is 8.49. The molecular formula is C14H16N2O3S2. The van der Waals surface area contributed by atoms with Crippen molar-refractivity contribution in [1.82, 2.24) is 9.80 Å². The number of nitrogens with zero attached hydrogens (tertiary/aromatic N) is 2. The van der Waals surface area contributed by atoms with E-state index in [0.29, 0.717) is 26.2 Å². The highest BCUT2D eigenvalue weighted by Gasteiger charge is 2.28. The van der Waals surface area contributed by atoms with Crippen LogP contribution in [0.25, 0.3) is 9.40 Å². The van der Waals surface area contributed by atoms with E-state index in [9.17, 15) is 9.59 Å². The molecule has 1 aliphatic heterocycles. The number of amides is 1. The summed E-state index contributed by atoms with van der Waals surface area (Å²) >= 11 is 3.18. The van der Waals surface area contributed by atoms with E-state index in [1.54, 1.807) is 18.3 Å². The van der Waals surface area contributed by atoms with Gasteiger partial charge in [-0.15, -0.1) is 22.7 Å². The monoisotopic (exact) mass is 324 g/mol. The molecule has 21 heavy (non-hydrogen) atoms. The van der Waals surface area contributed by atoms with Crippen molar-refractivity contribution in [3.05, 3.63) is 22.4 Å². The Morgan fingerprint density at radius 3 is 2.57 bits per heavy atom. The average Bonchev–Trinajstić information content (AvgIpc) is 3.07. The van der Waals surface area contributed by atoms with Crippen molar-refractivity contribution in [2.75, 3.05) is 26.2 Å². The van der Waals surface area contributed by atoms with Crippen LogP contribution in [0.4, 0.5) is 0 Å². The number of thiophene rings is 2. The summed E-state index contributed by atoms with van der Waals surface area (Å²) in [4.78, 5) is 28.0.